The fraction of sp³-hybridized carbons (Fsp3) is 0.0556. The van der Waals surface area contributed by atoms with E-state index in [-0.39, 0.29) is 11.3 Å². The summed E-state index contributed by atoms with van der Waals surface area (Å²) in [4.78, 5) is 41.4. The number of hydrogen-bond donors (Lipinski definition) is 1. The van der Waals surface area contributed by atoms with Gasteiger partial charge in [-0.15, -0.1) is 0 Å². The summed E-state index contributed by atoms with van der Waals surface area (Å²) in [5, 5.41) is 24.4. The van der Waals surface area contributed by atoms with Crippen LogP contribution in [0.4, 0.5) is 17.1 Å². The number of nitro groups is 2. The third-order valence-electron chi connectivity index (χ3n) is 3.84. The topological polar surface area (TPSA) is 141 Å². The standard InChI is InChI=1S/C18H13N5O5/c1-11-4-6-19-15(8-11)16-9-12(5-7-20-16)18(24)21-14-3-2-13(22(25)26)10-17(14)23(27)28/h2-10H,1H3,(H,21,24). The average Bonchev–Trinajstić information content (AvgIpc) is 2.68. The molecule has 0 radical (unpaired) electrons. The van der Waals surface area contributed by atoms with Crippen molar-refractivity contribution in [2.45, 2.75) is 6.92 Å². The Hall–Kier alpha value is -4.21. The van der Waals surface area contributed by atoms with Crippen LogP contribution in [-0.4, -0.2) is 25.7 Å². The molecule has 0 aliphatic rings. The molecule has 0 saturated carbocycles. The number of carbonyl (C=O) groups excluding carboxylic acids is 1. The second kappa shape index (κ2) is 7.58. The molecule has 2 heterocycles. The summed E-state index contributed by atoms with van der Waals surface area (Å²) in [5.74, 6) is -0.617. The number of amides is 1. The van der Waals surface area contributed by atoms with Crippen molar-refractivity contribution < 1.29 is 14.6 Å². The number of pyridine rings is 2. The second-order valence-electron chi connectivity index (χ2n) is 5.82. The van der Waals surface area contributed by atoms with Gasteiger partial charge < -0.3 is 5.32 Å². The van der Waals surface area contributed by atoms with Crippen molar-refractivity contribution in [2.24, 2.45) is 0 Å². The quantitative estimate of drug-likeness (QED) is 0.528. The summed E-state index contributed by atoms with van der Waals surface area (Å²) in [6.45, 7) is 1.90. The van der Waals surface area contributed by atoms with Gasteiger partial charge in [0, 0.05) is 24.0 Å². The van der Waals surface area contributed by atoms with Crippen LogP contribution in [0.5, 0.6) is 0 Å². The molecule has 1 amide bonds. The highest BCUT2D eigenvalue weighted by atomic mass is 16.6. The number of rotatable bonds is 5. The number of non-ortho nitro benzene ring substituents is 1. The Bertz CT molecular complexity index is 1100. The minimum Gasteiger partial charge on any atom is -0.316 e. The number of aromatic nitrogens is 2. The van der Waals surface area contributed by atoms with Crippen LogP contribution in [0, 0.1) is 27.2 Å². The van der Waals surface area contributed by atoms with Gasteiger partial charge in [-0.25, -0.2) is 0 Å². The minimum absolute atomic E-state index is 0.146. The summed E-state index contributed by atoms with van der Waals surface area (Å²) in [7, 11) is 0. The summed E-state index contributed by atoms with van der Waals surface area (Å²) >= 11 is 0. The van der Waals surface area contributed by atoms with Gasteiger partial charge in [0.2, 0.25) is 0 Å². The zero-order valence-corrected chi connectivity index (χ0v) is 14.5. The molecule has 10 nitrogen and oxygen atoms in total. The molecular weight excluding hydrogens is 366 g/mol. The van der Waals surface area contributed by atoms with E-state index in [0.29, 0.717) is 11.4 Å². The van der Waals surface area contributed by atoms with E-state index >= 15 is 0 Å². The molecule has 0 fully saturated rings. The van der Waals surface area contributed by atoms with Gasteiger partial charge in [-0.3, -0.25) is 35.0 Å². The van der Waals surface area contributed by atoms with E-state index in [4.69, 9.17) is 0 Å². The third kappa shape index (κ3) is 3.96. The molecule has 28 heavy (non-hydrogen) atoms. The molecule has 1 N–H and O–H groups in total. The van der Waals surface area contributed by atoms with Gasteiger partial charge in [-0.2, -0.15) is 0 Å². The number of nitrogens with one attached hydrogen (secondary N) is 1. The number of hydrogen-bond acceptors (Lipinski definition) is 7. The number of carbonyl (C=O) groups is 1. The van der Waals surface area contributed by atoms with Gasteiger partial charge in [-0.1, -0.05) is 0 Å². The minimum atomic E-state index is -0.794. The molecule has 2 aromatic heterocycles. The van der Waals surface area contributed by atoms with Crippen molar-refractivity contribution in [1.82, 2.24) is 9.97 Å². The van der Waals surface area contributed by atoms with Crippen molar-refractivity contribution in [1.29, 1.82) is 0 Å². The Morgan fingerprint density at radius 2 is 1.61 bits per heavy atom. The van der Waals surface area contributed by atoms with E-state index in [1.807, 2.05) is 19.1 Å². The summed E-state index contributed by atoms with van der Waals surface area (Å²) in [5.41, 5.74) is 1.07. The van der Waals surface area contributed by atoms with Gasteiger partial charge in [0.15, 0.2) is 0 Å². The van der Waals surface area contributed by atoms with Gasteiger partial charge in [0.05, 0.1) is 27.3 Å². The maximum absolute atomic E-state index is 12.5. The number of benzene rings is 1. The van der Waals surface area contributed by atoms with Crippen LogP contribution in [0.25, 0.3) is 11.4 Å². The second-order valence-corrected chi connectivity index (χ2v) is 5.82. The normalized spacial score (nSPS) is 10.3. The number of anilines is 1. The van der Waals surface area contributed by atoms with Crippen LogP contribution >= 0.6 is 0 Å². The molecule has 10 heteroatoms. The van der Waals surface area contributed by atoms with Crippen molar-refractivity contribution >= 4 is 23.0 Å². The molecule has 0 atom stereocenters. The first kappa shape index (κ1) is 18.6. The van der Waals surface area contributed by atoms with Crippen molar-refractivity contribution in [3.63, 3.8) is 0 Å². The lowest BCUT2D eigenvalue weighted by atomic mass is 10.1. The summed E-state index contributed by atoms with van der Waals surface area (Å²) in [6, 6.07) is 9.60. The first-order valence-corrected chi connectivity index (χ1v) is 7.98. The van der Waals surface area contributed by atoms with E-state index in [1.165, 1.54) is 18.3 Å². The molecule has 140 valence electrons. The Kier molecular flexibility index (Phi) is 5.03. The highest BCUT2D eigenvalue weighted by Gasteiger charge is 2.21. The molecule has 3 rings (SSSR count). The lowest BCUT2D eigenvalue weighted by Gasteiger charge is -2.07. The fourth-order valence-electron chi connectivity index (χ4n) is 2.47. The lowest BCUT2D eigenvalue weighted by molar-refractivity contribution is -0.393. The molecular formula is C18H13N5O5. The zero-order valence-electron chi connectivity index (χ0n) is 14.5. The lowest BCUT2D eigenvalue weighted by Crippen LogP contribution is -2.13. The van der Waals surface area contributed by atoms with Gasteiger partial charge in [-0.05, 0) is 42.8 Å². The van der Waals surface area contributed by atoms with Crippen LogP contribution in [-0.2, 0) is 0 Å². The van der Waals surface area contributed by atoms with Crippen molar-refractivity contribution in [3.8, 4) is 11.4 Å². The maximum Gasteiger partial charge on any atom is 0.299 e. The monoisotopic (exact) mass is 379 g/mol. The van der Waals surface area contributed by atoms with E-state index in [9.17, 15) is 25.0 Å². The smallest absolute Gasteiger partial charge is 0.299 e. The molecule has 1 aromatic carbocycles. The predicted molar refractivity (Wildman–Crippen MR) is 99.9 cm³/mol. The number of nitro benzene ring substituents is 2. The highest BCUT2D eigenvalue weighted by Crippen LogP contribution is 2.29. The summed E-state index contributed by atoms with van der Waals surface area (Å²) in [6.07, 6.45) is 3.05. The fourth-order valence-corrected chi connectivity index (χ4v) is 2.47. The Balaban J connectivity index is 1.91. The molecule has 3 aromatic rings. The molecule has 0 saturated heterocycles. The van der Waals surface area contributed by atoms with Crippen molar-refractivity contribution in [3.05, 3.63) is 86.2 Å². The first-order valence-electron chi connectivity index (χ1n) is 7.98. The van der Waals surface area contributed by atoms with Crippen LogP contribution in [0.2, 0.25) is 0 Å². The van der Waals surface area contributed by atoms with E-state index in [1.54, 1.807) is 6.20 Å². The van der Waals surface area contributed by atoms with Crippen LogP contribution in [0.15, 0.2) is 54.9 Å². The van der Waals surface area contributed by atoms with E-state index in [2.05, 4.69) is 15.3 Å². The molecule has 0 unspecified atom stereocenters. The molecule has 0 bridgehead atoms. The first-order chi connectivity index (χ1) is 13.3. The molecule has 0 aliphatic heterocycles. The van der Waals surface area contributed by atoms with Crippen LogP contribution in [0.1, 0.15) is 15.9 Å². The van der Waals surface area contributed by atoms with Crippen molar-refractivity contribution in [2.75, 3.05) is 5.32 Å². The van der Waals surface area contributed by atoms with Gasteiger partial charge >= 0.3 is 0 Å². The number of nitrogens with zero attached hydrogens (tertiary/aromatic N) is 4. The third-order valence-corrected chi connectivity index (χ3v) is 3.84. The number of aryl methyl sites for hydroxylation is 1. The van der Waals surface area contributed by atoms with Crippen LogP contribution < -0.4 is 5.32 Å². The van der Waals surface area contributed by atoms with Gasteiger partial charge in [0.1, 0.15) is 5.69 Å². The van der Waals surface area contributed by atoms with E-state index in [0.717, 1.165) is 23.8 Å². The average molecular weight is 379 g/mol. The molecule has 0 aliphatic carbocycles. The Morgan fingerprint density at radius 3 is 2.25 bits per heavy atom. The Labute approximate surface area is 158 Å². The highest BCUT2D eigenvalue weighted by molar-refractivity contribution is 6.05. The SMILES string of the molecule is Cc1ccnc(-c2cc(C(=O)Nc3ccc([N+](=O)[O-])cc3[N+](=O)[O-])ccn2)c1. The van der Waals surface area contributed by atoms with Crippen LogP contribution in [0.3, 0.4) is 0 Å². The van der Waals surface area contributed by atoms with Gasteiger partial charge in [0.25, 0.3) is 17.3 Å². The molecule has 0 spiro atoms. The largest absolute Gasteiger partial charge is 0.316 e. The zero-order chi connectivity index (χ0) is 20.3. The Morgan fingerprint density at radius 1 is 0.929 bits per heavy atom. The van der Waals surface area contributed by atoms with E-state index < -0.39 is 27.1 Å². The summed E-state index contributed by atoms with van der Waals surface area (Å²) < 4.78 is 0. The maximum atomic E-state index is 12.5. The predicted octanol–water partition coefficient (Wildman–Crippen LogP) is 3.52.